The molecule has 0 saturated carbocycles. The summed E-state index contributed by atoms with van der Waals surface area (Å²) in [5, 5.41) is 6.66. The first-order chi connectivity index (χ1) is 12.5. The molecule has 1 N–H and O–H groups in total. The summed E-state index contributed by atoms with van der Waals surface area (Å²) in [6.45, 7) is 3.22. The van der Waals surface area contributed by atoms with E-state index in [9.17, 15) is 4.79 Å². The van der Waals surface area contributed by atoms with Crippen LogP contribution in [0.15, 0.2) is 53.1 Å². The van der Waals surface area contributed by atoms with Gasteiger partial charge in [0.05, 0.1) is 7.11 Å². The van der Waals surface area contributed by atoms with Crippen molar-refractivity contribution in [3.8, 4) is 28.6 Å². The Hall–Kier alpha value is -3.35. The van der Waals surface area contributed by atoms with Gasteiger partial charge in [-0.1, -0.05) is 5.16 Å². The summed E-state index contributed by atoms with van der Waals surface area (Å²) >= 11 is 0. The van der Waals surface area contributed by atoms with E-state index in [1.807, 2.05) is 48.5 Å². The van der Waals surface area contributed by atoms with Crippen molar-refractivity contribution in [2.75, 3.05) is 7.11 Å². The Kier molecular flexibility index (Phi) is 5.17. The molecule has 134 valence electrons. The molecule has 0 aliphatic heterocycles. The third-order valence-electron chi connectivity index (χ3n) is 3.64. The molecule has 1 amide bonds. The van der Waals surface area contributed by atoms with E-state index in [1.165, 1.54) is 6.92 Å². The SMILES string of the molecule is COc1ccc(Oc2ccc(-c3noc(C(C)NC(C)=O)n3)cc2)cc1. The first-order valence-electron chi connectivity index (χ1n) is 8.08. The van der Waals surface area contributed by atoms with E-state index in [1.54, 1.807) is 14.0 Å². The Balaban J connectivity index is 1.69. The maximum Gasteiger partial charge on any atom is 0.249 e. The smallest absolute Gasteiger partial charge is 0.249 e. The molecule has 2 aromatic carbocycles. The molecule has 7 heteroatoms. The molecule has 26 heavy (non-hydrogen) atoms. The van der Waals surface area contributed by atoms with Crippen LogP contribution >= 0.6 is 0 Å². The second-order valence-electron chi connectivity index (χ2n) is 5.68. The highest BCUT2D eigenvalue weighted by Crippen LogP contribution is 2.26. The van der Waals surface area contributed by atoms with Gasteiger partial charge >= 0.3 is 0 Å². The second kappa shape index (κ2) is 7.69. The molecule has 0 fully saturated rings. The Bertz CT molecular complexity index is 873. The predicted octanol–water partition coefficient (Wildman–Crippen LogP) is 3.73. The molecule has 0 bridgehead atoms. The molecule has 3 aromatic rings. The zero-order valence-electron chi connectivity index (χ0n) is 14.7. The number of rotatable bonds is 6. The first kappa shape index (κ1) is 17.5. The molecule has 1 aromatic heterocycles. The Morgan fingerprint density at radius 1 is 1.04 bits per heavy atom. The summed E-state index contributed by atoms with van der Waals surface area (Å²) in [5.41, 5.74) is 0.789. The van der Waals surface area contributed by atoms with Crippen molar-refractivity contribution in [3.05, 3.63) is 54.4 Å². The maximum atomic E-state index is 11.1. The highest BCUT2D eigenvalue weighted by Gasteiger charge is 2.16. The number of amides is 1. The highest BCUT2D eigenvalue weighted by molar-refractivity contribution is 5.73. The monoisotopic (exact) mass is 353 g/mol. The fourth-order valence-corrected chi connectivity index (χ4v) is 2.35. The molecule has 0 aliphatic carbocycles. The quantitative estimate of drug-likeness (QED) is 0.726. The van der Waals surface area contributed by atoms with Crippen LogP contribution in [0.25, 0.3) is 11.4 Å². The van der Waals surface area contributed by atoms with Crippen LogP contribution in [0.2, 0.25) is 0 Å². The van der Waals surface area contributed by atoms with E-state index in [4.69, 9.17) is 14.0 Å². The van der Waals surface area contributed by atoms with Crippen molar-refractivity contribution in [2.24, 2.45) is 0 Å². The largest absolute Gasteiger partial charge is 0.497 e. The first-order valence-corrected chi connectivity index (χ1v) is 8.08. The molecule has 1 atom stereocenters. The van der Waals surface area contributed by atoms with Crippen molar-refractivity contribution in [1.29, 1.82) is 0 Å². The predicted molar refractivity (Wildman–Crippen MR) is 95.0 cm³/mol. The molecule has 0 aliphatic rings. The van der Waals surface area contributed by atoms with Crippen molar-refractivity contribution >= 4 is 5.91 Å². The van der Waals surface area contributed by atoms with Gasteiger partial charge in [0.15, 0.2) is 0 Å². The normalized spacial score (nSPS) is 11.7. The van der Waals surface area contributed by atoms with Crippen LogP contribution in [0.1, 0.15) is 25.8 Å². The minimum absolute atomic E-state index is 0.155. The lowest BCUT2D eigenvalue weighted by molar-refractivity contribution is -0.119. The van der Waals surface area contributed by atoms with Crippen molar-refractivity contribution in [3.63, 3.8) is 0 Å². The Morgan fingerprint density at radius 3 is 2.19 bits per heavy atom. The summed E-state index contributed by atoms with van der Waals surface area (Å²) in [7, 11) is 1.62. The molecule has 7 nitrogen and oxygen atoms in total. The van der Waals surface area contributed by atoms with Crippen LogP contribution < -0.4 is 14.8 Å². The van der Waals surface area contributed by atoms with E-state index in [2.05, 4.69) is 15.5 Å². The minimum Gasteiger partial charge on any atom is -0.497 e. The lowest BCUT2D eigenvalue weighted by atomic mass is 10.2. The molecular weight excluding hydrogens is 334 g/mol. The average Bonchev–Trinajstić information content (AvgIpc) is 3.13. The third kappa shape index (κ3) is 4.18. The standard InChI is InChI=1S/C19H19N3O4/c1-12(20-13(2)23)19-21-18(22-26-19)14-4-6-16(7-5-14)25-17-10-8-15(24-3)9-11-17/h4-12H,1-3H3,(H,20,23). The van der Waals surface area contributed by atoms with E-state index < -0.39 is 0 Å². The molecule has 1 heterocycles. The summed E-state index contributed by atoms with van der Waals surface area (Å²) in [6.07, 6.45) is 0. The fraction of sp³-hybridized carbons (Fsp3) is 0.211. The highest BCUT2D eigenvalue weighted by atomic mass is 16.5. The molecule has 0 spiro atoms. The summed E-state index contributed by atoms with van der Waals surface area (Å²) in [4.78, 5) is 15.4. The number of benzene rings is 2. The molecule has 0 saturated heterocycles. The van der Waals surface area contributed by atoms with Crippen LogP contribution in [0, 0.1) is 0 Å². The van der Waals surface area contributed by atoms with E-state index >= 15 is 0 Å². The number of carbonyl (C=O) groups is 1. The van der Waals surface area contributed by atoms with Gasteiger partial charge in [-0.05, 0) is 55.5 Å². The second-order valence-corrected chi connectivity index (χ2v) is 5.68. The average molecular weight is 353 g/mol. The van der Waals surface area contributed by atoms with Crippen molar-refractivity contribution in [1.82, 2.24) is 15.5 Å². The van der Waals surface area contributed by atoms with Gasteiger partial charge in [-0.3, -0.25) is 4.79 Å². The maximum absolute atomic E-state index is 11.1. The summed E-state index contributed by atoms with van der Waals surface area (Å²) < 4.78 is 16.1. The zero-order chi connectivity index (χ0) is 18.5. The number of aromatic nitrogens is 2. The van der Waals surface area contributed by atoms with Crippen LogP contribution in [-0.4, -0.2) is 23.2 Å². The van der Waals surface area contributed by atoms with Gasteiger partial charge in [0.25, 0.3) is 0 Å². The minimum atomic E-state index is -0.341. The van der Waals surface area contributed by atoms with Crippen LogP contribution in [0.3, 0.4) is 0 Å². The van der Waals surface area contributed by atoms with Gasteiger partial charge in [0.2, 0.25) is 17.6 Å². The van der Waals surface area contributed by atoms with Crippen LogP contribution in [-0.2, 0) is 4.79 Å². The summed E-state index contributed by atoms with van der Waals surface area (Å²) in [6, 6.07) is 14.3. The van der Waals surface area contributed by atoms with E-state index in [0.717, 1.165) is 11.3 Å². The molecule has 1 unspecified atom stereocenters. The Labute approximate surface area is 150 Å². The van der Waals surface area contributed by atoms with Gasteiger partial charge in [0, 0.05) is 12.5 Å². The van der Waals surface area contributed by atoms with Gasteiger partial charge in [-0.2, -0.15) is 4.98 Å². The van der Waals surface area contributed by atoms with Crippen LogP contribution in [0.5, 0.6) is 17.2 Å². The molecule has 3 rings (SSSR count). The summed E-state index contributed by atoms with van der Waals surface area (Å²) in [5.74, 6) is 2.83. The van der Waals surface area contributed by atoms with Gasteiger partial charge in [-0.15, -0.1) is 0 Å². The lowest BCUT2D eigenvalue weighted by Gasteiger charge is -2.07. The third-order valence-corrected chi connectivity index (χ3v) is 3.64. The lowest BCUT2D eigenvalue weighted by Crippen LogP contribution is -2.23. The number of ether oxygens (including phenoxy) is 2. The van der Waals surface area contributed by atoms with Crippen molar-refractivity contribution in [2.45, 2.75) is 19.9 Å². The van der Waals surface area contributed by atoms with E-state index in [0.29, 0.717) is 23.2 Å². The topological polar surface area (TPSA) is 86.5 Å². The van der Waals surface area contributed by atoms with Gasteiger partial charge < -0.3 is 19.3 Å². The zero-order valence-corrected chi connectivity index (χ0v) is 14.7. The van der Waals surface area contributed by atoms with Gasteiger partial charge in [0.1, 0.15) is 23.3 Å². The van der Waals surface area contributed by atoms with Crippen LogP contribution in [0.4, 0.5) is 0 Å². The van der Waals surface area contributed by atoms with Gasteiger partial charge in [-0.25, -0.2) is 0 Å². The number of carbonyl (C=O) groups excluding carboxylic acids is 1. The fourth-order valence-electron chi connectivity index (χ4n) is 2.35. The number of hydrogen-bond acceptors (Lipinski definition) is 6. The molecule has 0 radical (unpaired) electrons. The number of hydrogen-bond donors (Lipinski definition) is 1. The Morgan fingerprint density at radius 2 is 1.62 bits per heavy atom. The number of methoxy groups -OCH3 is 1. The number of nitrogens with zero attached hydrogens (tertiary/aromatic N) is 2. The van der Waals surface area contributed by atoms with Crippen molar-refractivity contribution < 1.29 is 18.8 Å². The van der Waals surface area contributed by atoms with E-state index in [-0.39, 0.29) is 11.9 Å². The molecular formula is C19H19N3O4. The number of nitrogens with one attached hydrogen (secondary N) is 1.